The average Bonchev–Trinajstić information content (AvgIpc) is 3.35. The van der Waals surface area contributed by atoms with Gasteiger partial charge >= 0.3 is 24.3 Å². The number of carboxylic acids is 2. The Labute approximate surface area is 223 Å². The molecule has 0 radical (unpaired) electrons. The van der Waals surface area contributed by atoms with Gasteiger partial charge in [-0.05, 0) is 45.3 Å². The Morgan fingerprint density at radius 1 is 1.00 bits per heavy atom. The highest BCUT2D eigenvalue weighted by Gasteiger charge is 2.39. The first-order valence-corrected chi connectivity index (χ1v) is 11.4. The standard InChI is InChI=1S/C20H23N5O.2C2HF3O2/c1-23(2)10-8-18-14-24(13-17-7-9-22-25(17)18)20(26)16-11-15-5-3-4-6-19(15)21-12-16;2*3-2(4,5)1(6)7/h3-7,9,11-12,18H,8,10,13-14H2,1-2H3;2*(H,6,7). The largest absolute Gasteiger partial charge is 0.490 e. The summed E-state index contributed by atoms with van der Waals surface area (Å²) in [6, 6.07) is 12.0. The van der Waals surface area contributed by atoms with Gasteiger partial charge in [-0.3, -0.25) is 14.5 Å². The van der Waals surface area contributed by atoms with Crippen molar-refractivity contribution in [2.75, 3.05) is 27.2 Å². The third kappa shape index (κ3) is 9.21. The van der Waals surface area contributed by atoms with E-state index in [-0.39, 0.29) is 11.9 Å². The van der Waals surface area contributed by atoms with Crippen LogP contribution in [0.5, 0.6) is 0 Å². The van der Waals surface area contributed by atoms with Crippen LogP contribution >= 0.6 is 0 Å². The molecule has 1 aliphatic heterocycles. The molecule has 0 bridgehead atoms. The summed E-state index contributed by atoms with van der Waals surface area (Å²) in [5.41, 5.74) is 2.63. The average molecular weight is 577 g/mol. The minimum absolute atomic E-state index is 0.0329. The fourth-order valence-electron chi connectivity index (χ4n) is 3.53. The van der Waals surface area contributed by atoms with Crippen molar-refractivity contribution >= 4 is 28.7 Å². The summed E-state index contributed by atoms with van der Waals surface area (Å²) in [4.78, 5) is 39.4. The van der Waals surface area contributed by atoms with Crippen molar-refractivity contribution in [1.29, 1.82) is 0 Å². The molecule has 3 heterocycles. The summed E-state index contributed by atoms with van der Waals surface area (Å²) in [5.74, 6) is -5.48. The molecule has 218 valence electrons. The summed E-state index contributed by atoms with van der Waals surface area (Å²) >= 11 is 0. The van der Waals surface area contributed by atoms with Crippen LogP contribution in [-0.4, -0.2) is 92.2 Å². The molecule has 1 aliphatic rings. The van der Waals surface area contributed by atoms with E-state index < -0.39 is 24.3 Å². The zero-order valence-corrected chi connectivity index (χ0v) is 21.1. The second-order valence-electron chi connectivity index (χ2n) is 8.72. The summed E-state index contributed by atoms with van der Waals surface area (Å²) in [5, 5.41) is 19.7. The van der Waals surface area contributed by atoms with Gasteiger partial charge in [-0.1, -0.05) is 18.2 Å². The highest BCUT2D eigenvalue weighted by atomic mass is 19.4. The van der Waals surface area contributed by atoms with Gasteiger partial charge in [0.2, 0.25) is 0 Å². The molecule has 1 aromatic carbocycles. The lowest BCUT2D eigenvalue weighted by molar-refractivity contribution is -0.193. The normalized spacial score (nSPS) is 14.9. The van der Waals surface area contributed by atoms with Crippen LogP contribution in [0.25, 0.3) is 10.9 Å². The molecule has 3 aromatic rings. The lowest BCUT2D eigenvalue weighted by Gasteiger charge is -2.34. The molecule has 0 saturated carbocycles. The second-order valence-corrected chi connectivity index (χ2v) is 8.72. The predicted molar refractivity (Wildman–Crippen MR) is 128 cm³/mol. The fourth-order valence-corrected chi connectivity index (χ4v) is 3.53. The first-order chi connectivity index (χ1) is 18.5. The quantitative estimate of drug-likeness (QED) is 0.448. The van der Waals surface area contributed by atoms with Gasteiger partial charge in [0.05, 0.1) is 29.4 Å². The summed E-state index contributed by atoms with van der Waals surface area (Å²) in [6.45, 7) is 2.22. The van der Waals surface area contributed by atoms with Gasteiger partial charge in [0.1, 0.15) is 0 Å². The number of carbonyl (C=O) groups is 3. The van der Waals surface area contributed by atoms with E-state index in [4.69, 9.17) is 19.8 Å². The molecular weight excluding hydrogens is 552 g/mol. The van der Waals surface area contributed by atoms with Gasteiger partial charge in [0.25, 0.3) is 5.91 Å². The first kappa shape index (κ1) is 32.0. The van der Waals surface area contributed by atoms with Gasteiger partial charge in [0.15, 0.2) is 0 Å². The van der Waals surface area contributed by atoms with Crippen LogP contribution in [0.1, 0.15) is 28.5 Å². The van der Waals surface area contributed by atoms with E-state index in [1.54, 1.807) is 6.20 Å². The minimum Gasteiger partial charge on any atom is -0.475 e. The Hall–Kier alpha value is -4.21. The van der Waals surface area contributed by atoms with Crippen molar-refractivity contribution in [3.8, 4) is 0 Å². The maximum absolute atomic E-state index is 13.1. The number of hydrogen-bond donors (Lipinski definition) is 2. The van der Waals surface area contributed by atoms with Crippen molar-refractivity contribution in [3.63, 3.8) is 0 Å². The SMILES string of the molecule is CN(C)CCC1CN(C(=O)c2cnc3ccccc3c2)Cc2ccnn21.O=C(O)C(F)(F)F.O=C(O)C(F)(F)F. The highest BCUT2D eigenvalue weighted by Crippen LogP contribution is 2.25. The molecule has 2 N–H and O–H groups in total. The van der Waals surface area contributed by atoms with Gasteiger partial charge in [-0.2, -0.15) is 31.4 Å². The smallest absolute Gasteiger partial charge is 0.475 e. The molecule has 10 nitrogen and oxygen atoms in total. The molecule has 2 aromatic heterocycles. The Balaban J connectivity index is 0.000000333. The number of alkyl halides is 6. The number of nitrogens with zero attached hydrogens (tertiary/aromatic N) is 5. The van der Waals surface area contributed by atoms with Crippen LogP contribution in [0, 0.1) is 0 Å². The third-order valence-corrected chi connectivity index (χ3v) is 5.40. The molecule has 0 fully saturated rings. The first-order valence-electron chi connectivity index (χ1n) is 11.4. The van der Waals surface area contributed by atoms with E-state index in [1.807, 2.05) is 47.5 Å². The molecule has 4 rings (SSSR count). The van der Waals surface area contributed by atoms with Crippen LogP contribution in [-0.2, 0) is 16.1 Å². The van der Waals surface area contributed by atoms with E-state index in [2.05, 4.69) is 33.8 Å². The predicted octanol–water partition coefficient (Wildman–Crippen LogP) is 3.85. The number of aliphatic carboxylic acids is 2. The number of halogens is 6. The van der Waals surface area contributed by atoms with Crippen LogP contribution in [0.4, 0.5) is 26.3 Å². The fraction of sp³-hybridized carbons (Fsp3) is 0.375. The van der Waals surface area contributed by atoms with Crippen molar-refractivity contribution in [2.24, 2.45) is 0 Å². The van der Waals surface area contributed by atoms with Gasteiger partial charge in [0, 0.05) is 24.3 Å². The Kier molecular flexibility index (Phi) is 10.6. The van der Waals surface area contributed by atoms with Crippen LogP contribution in [0.15, 0.2) is 48.8 Å². The lowest BCUT2D eigenvalue weighted by Crippen LogP contribution is -2.42. The van der Waals surface area contributed by atoms with E-state index in [1.165, 1.54) is 0 Å². The lowest BCUT2D eigenvalue weighted by atomic mass is 10.1. The van der Waals surface area contributed by atoms with E-state index in [0.717, 1.165) is 29.6 Å². The van der Waals surface area contributed by atoms with Crippen LogP contribution in [0.2, 0.25) is 0 Å². The van der Waals surface area contributed by atoms with Gasteiger partial charge in [-0.25, -0.2) is 9.59 Å². The molecule has 0 saturated heterocycles. The van der Waals surface area contributed by atoms with Crippen molar-refractivity contribution in [3.05, 3.63) is 60.0 Å². The molecule has 1 unspecified atom stereocenters. The van der Waals surface area contributed by atoms with E-state index in [9.17, 15) is 31.1 Å². The molecular formula is C24H25F6N5O5. The number of pyridine rings is 1. The van der Waals surface area contributed by atoms with Gasteiger partial charge < -0.3 is 20.0 Å². The second kappa shape index (κ2) is 13.2. The number of carbonyl (C=O) groups excluding carboxylic acids is 1. The third-order valence-electron chi connectivity index (χ3n) is 5.40. The Bertz CT molecular complexity index is 1300. The zero-order valence-electron chi connectivity index (χ0n) is 21.1. The molecule has 1 amide bonds. The van der Waals surface area contributed by atoms with Gasteiger partial charge in [-0.15, -0.1) is 0 Å². The number of hydrogen-bond acceptors (Lipinski definition) is 6. The molecule has 1 atom stereocenters. The topological polar surface area (TPSA) is 129 Å². The van der Waals surface area contributed by atoms with Crippen molar-refractivity contribution in [1.82, 2.24) is 24.6 Å². The number of amides is 1. The number of fused-ring (bicyclic) bond motifs is 2. The van der Waals surface area contributed by atoms with E-state index >= 15 is 0 Å². The molecule has 0 aliphatic carbocycles. The number of carboxylic acid groups (broad SMARTS) is 2. The molecule has 16 heteroatoms. The maximum Gasteiger partial charge on any atom is 0.490 e. The Morgan fingerprint density at radius 2 is 1.57 bits per heavy atom. The monoisotopic (exact) mass is 577 g/mol. The van der Waals surface area contributed by atoms with Crippen LogP contribution in [0.3, 0.4) is 0 Å². The summed E-state index contributed by atoms with van der Waals surface area (Å²) in [7, 11) is 4.13. The minimum atomic E-state index is -5.08. The summed E-state index contributed by atoms with van der Waals surface area (Å²) < 4.78 is 65.5. The number of aromatic nitrogens is 3. The van der Waals surface area contributed by atoms with Crippen LogP contribution < -0.4 is 0 Å². The van der Waals surface area contributed by atoms with Crippen molar-refractivity contribution in [2.45, 2.75) is 31.4 Å². The Morgan fingerprint density at radius 3 is 2.12 bits per heavy atom. The molecule has 40 heavy (non-hydrogen) atoms. The number of rotatable bonds is 4. The van der Waals surface area contributed by atoms with E-state index in [0.29, 0.717) is 18.7 Å². The summed E-state index contributed by atoms with van der Waals surface area (Å²) in [6.07, 6.45) is -5.70. The molecule has 0 spiro atoms. The highest BCUT2D eigenvalue weighted by molar-refractivity contribution is 5.97. The number of benzene rings is 1. The van der Waals surface area contributed by atoms with Crippen molar-refractivity contribution < 1.29 is 50.9 Å². The maximum atomic E-state index is 13.1. The zero-order chi connectivity index (χ0) is 30.3. The number of para-hydroxylation sites is 1.